The van der Waals surface area contributed by atoms with E-state index in [0.29, 0.717) is 11.1 Å². The summed E-state index contributed by atoms with van der Waals surface area (Å²) in [5.74, 6) is -0.577. The summed E-state index contributed by atoms with van der Waals surface area (Å²) in [5, 5.41) is 0. The minimum Gasteiger partial charge on any atom is -0.366 e. The number of nitrogens with two attached hydrogens (primary N) is 1. The van der Waals surface area contributed by atoms with E-state index in [2.05, 4.69) is 15.9 Å². The Labute approximate surface area is 137 Å². The fraction of sp³-hybridized carbons (Fsp3) is 0.0625. The second-order valence-corrected chi connectivity index (χ2v) is 7.71. The maximum absolute atomic E-state index is 11.7. The van der Waals surface area contributed by atoms with E-state index in [-0.39, 0.29) is 4.90 Å². The number of benzene rings is 2. The van der Waals surface area contributed by atoms with Crippen LogP contribution in [0.1, 0.15) is 11.1 Å². The maximum atomic E-state index is 11.7. The molecule has 0 heterocycles. The molecule has 0 fully saturated rings. The van der Waals surface area contributed by atoms with Crippen LogP contribution in [0.2, 0.25) is 0 Å². The van der Waals surface area contributed by atoms with Gasteiger partial charge in [0.2, 0.25) is 5.91 Å². The lowest BCUT2D eigenvalue weighted by Gasteiger charge is -2.06. The topological polar surface area (TPSA) is 77.2 Å². The monoisotopic (exact) mass is 379 g/mol. The predicted molar refractivity (Wildman–Crippen MR) is 90.8 cm³/mol. The molecule has 1 amide bonds. The van der Waals surface area contributed by atoms with Gasteiger partial charge in [0.1, 0.15) is 0 Å². The van der Waals surface area contributed by atoms with Gasteiger partial charge in [-0.25, -0.2) is 8.42 Å². The molecule has 2 rings (SSSR count). The lowest BCUT2D eigenvalue weighted by Crippen LogP contribution is -2.13. The Kier molecular flexibility index (Phi) is 4.83. The second kappa shape index (κ2) is 6.46. The molecular weight excluding hydrogens is 366 g/mol. The molecule has 2 aromatic rings. The van der Waals surface area contributed by atoms with Crippen LogP contribution in [-0.4, -0.2) is 20.6 Å². The van der Waals surface area contributed by atoms with Crippen molar-refractivity contribution in [2.75, 3.05) is 6.26 Å². The lowest BCUT2D eigenvalue weighted by molar-refractivity contribution is -0.112. The van der Waals surface area contributed by atoms with E-state index in [1.165, 1.54) is 12.1 Å². The molecule has 0 aliphatic rings. The molecule has 0 aromatic heterocycles. The molecule has 0 aliphatic carbocycles. The molecule has 0 unspecified atom stereocenters. The Morgan fingerprint density at radius 2 is 1.77 bits per heavy atom. The van der Waals surface area contributed by atoms with Gasteiger partial charge in [-0.15, -0.1) is 0 Å². The number of hydrogen-bond acceptors (Lipinski definition) is 3. The minimum atomic E-state index is -3.27. The van der Waals surface area contributed by atoms with Crippen LogP contribution in [0.5, 0.6) is 0 Å². The van der Waals surface area contributed by atoms with Crippen LogP contribution in [0.15, 0.2) is 57.9 Å². The summed E-state index contributed by atoms with van der Waals surface area (Å²) in [6.45, 7) is 0. The van der Waals surface area contributed by atoms with Crippen LogP contribution in [0.3, 0.4) is 0 Å². The zero-order chi connectivity index (χ0) is 16.3. The maximum Gasteiger partial charge on any atom is 0.249 e. The van der Waals surface area contributed by atoms with E-state index in [4.69, 9.17) is 5.73 Å². The number of primary amides is 1. The first-order valence-electron chi connectivity index (χ1n) is 6.35. The van der Waals surface area contributed by atoms with E-state index >= 15 is 0 Å². The first kappa shape index (κ1) is 16.5. The van der Waals surface area contributed by atoms with Crippen molar-refractivity contribution in [1.82, 2.24) is 0 Å². The molecule has 0 bridgehead atoms. The SMILES string of the molecule is CS(=O)(=O)c1ccc(/C(=C\c2cccc(Br)c2)C(N)=O)cc1. The zero-order valence-corrected chi connectivity index (χ0v) is 14.2. The van der Waals surface area contributed by atoms with E-state index in [0.717, 1.165) is 16.3 Å². The highest BCUT2D eigenvalue weighted by Gasteiger charge is 2.11. The molecule has 0 saturated carbocycles. The van der Waals surface area contributed by atoms with Gasteiger partial charge in [0.25, 0.3) is 0 Å². The molecule has 22 heavy (non-hydrogen) atoms. The summed E-state index contributed by atoms with van der Waals surface area (Å²) in [4.78, 5) is 11.9. The molecule has 0 atom stereocenters. The average Bonchev–Trinajstić information content (AvgIpc) is 2.44. The van der Waals surface area contributed by atoms with E-state index in [1.54, 1.807) is 18.2 Å². The van der Waals surface area contributed by atoms with Crippen LogP contribution >= 0.6 is 15.9 Å². The Morgan fingerprint density at radius 3 is 2.27 bits per heavy atom. The summed E-state index contributed by atoms with van der Waals surface area (Å²) in [6, 6.07) is 13.5. The highest BCUT2D eigenvalue weighted by Crippen LogP contribution is 2.21. The van der Waals surface area contributed by atoms with Crippen LogP contribution in [0.25, 0.3) is 11.6 Å². The number of halogens is 1. The summed E-state index contributed by atoms with van der Waals surface area (Å²) in [6.07, 6.45) is 2.80. The van der Waals surface area contributed by atoms with Crippen LogP contribution in [0, 0.1) is 0 Å². The molecule has 0 saturated heterocycles. The number of rotatable bonds is 4. The van der Waals surface area contributed by atoms with Gasteiger partial charge in [-0.05, 0) is 41.5 Å². The summed E-state index contributed by atoms with van der Waals surface area (Å²) in [5.41, 5.74) is 7.14. The molecule has 0 spiro atoms. The predicted octanol–water partition coefficient (Wildman–Crippen LogP) is 2.88. The molecule has 0 aliphatic heterocycles. The number of hydrogen-bond donors (Lipinski definition) is 1. The summed E-state index contributed by atoms with van der Waals surface area (Å²) in [7, 11) is -3.27. The van der Waals surface area contributed by atoms with Crippen LogP contribution < -0.4 is 5.73 Å². The quantitative estimate of drug-likeness (QED) is 0.655. The van der Waals surface area contributed by atoms with Gasteiger partial charge in [0.15, 0.2) is 9.84 Å². The number of carbonyl (C=O) groups is 1. The largest absolute Gasteiger partial charge is 0.366 e. The third-order valence-corrected chi connectivity index (χ3v) is 4.64. The summed E-state index contributed by atoms with van der Waals surface area (Å²) >= 11 is 3.36. The van der Waals surface area contributed by atoms with Crippen molar-refractivity contribution in [1.29, 1.82) is 0 Å². The molecule has 6 heteroatoms. The van der Waals surface area contributed by atoms with Crippen LogP contribution in [0.4, 0.5) is 0 Å². The Hall–Kier alpha value is -1.92. The van der Waals surface area contributed by atoms with E-state index in [9.17, 15) is 13.2 Å². The number of carbonyl (C=O) groups excluding carboxylic acids is 1. The van der Waals surface area contributed by atoms with Gasteiger partial charge in [0, 0.05) is 16.3 Å². The Balaban J connectivity index is 2.47. The molecule has 114 valence electrons. The average molecular weight is 380 g/mol. The Morgan fingerprint density at radius 1 is 1.14 bits per heavy atom. The number of sulfone groups is 1. The third-order valence-electron chi connectivity index (χ3n) is 3.02. The molecule has 0 radical (unpaired) electrons. The molecule has 2 aromatic carbocycles. The van der Waals surface area contributed by atoms with Gasteiger partial charge in [-0.2, -0.15) is 0 Å². The molecular formula is C16H14BrNO3S. The second-order valence-electron chi connectivity index (χ2n) is 4.77. The fourth-order valence-electron chi connectivity index (χ4n) is 1.94. The highest BCUT2D eigenvalue weighted by atomic mass is 79.9. The van der Waals surface area contributed by atoms with Crippen molar-refractivity contribution in [2.45, 2.75) is 4.90 Å². The normalized spacial score (nSPS) is 12.2. The number of amides is 1. The van der Waals surface area contributed by atoms with Crippen molar-refractivity contribution >= 4 is 43.3 Å². The molecule has 4 nitrogen and oxygen atoms in total. The minimum absolute atomic E-state index is 0.197. The van der Waals surface area contributed by atoms with Crippen molar-refractivity contribution in [3.8, 4) is 0 Å². The first-order chi connectivity index (χ1) is 10.3. The summed E-state index contributed by atoms with van der Waals surface area (Å²) < 4.78 is 23.8. The Bertz CT molecular complexity index is 840. The lowest BCUT2D eigenvalue weighted by atomic mass is 10.0. The van der Waals surface area contributed by atoms with Gasteiger partial charge < -0.3 is 5.73 Å². The van der Waals surface area contributed by atoms with Gasteiger partial charge in [-0.1, -0.05) is 40.2 Å². The van der Waals surface area contributed by atoms with Crippen LogP contribution in [-0.2, 0) is 14.6 Å². The van der Waals surface area contributed by atoms with Gasteiger partial charge >= 0.3 is 0 Å². The van der Waals surface area contributed by atoms with Crippen molar-refractivity contribution < 1.29 is 13.2 Å². The van der Waals surface area contributed by atoms with Gasteiger partial charge in [0.05, 0.1) is 4.90 Å². The van der Waals surface area contributed by atoms with Crippen molar-refractivity contribution in [3.05, 3.63) is 64.1 Å². The third kappa shape index (κ3) is 4.05. The van der Waals surface area contributed by atoms with E-state index < -0.39 is 15.7 Å². The highest BCUT2D eigenvalue weighted by molar-refractivity contribution is 9.10. The van der Waals surface area contributed by atoms with Gasteiger partial charge in [-0.3, -0.25) is 4.79 Å². The fourth-order valence-corrected chi connectivity index (χ4v) is 2.99. The van der Waals surface area contributed by atoms with Crippen molar-refractivity contribution in [2.24, 2.45) is 5.73 Å². The zero-order valence-electron chi connectivity index (χ0n) is 11.8. The smallest absolute Gasteiger partial charge is 0.249 e. The standard InChI is InChI=1S/C16H14BrNO3S/c1-22(20,21)14-7-5-12(6-8-14)15(16(18)19)10-11-3-2-4-13(17)9-11/h2-10H,1H3,(H2,18,19)/b15-10+. The first-order valence-corrected chi connectivity index (χ1v) is 9.03. The molecule has 2 N–H and O–H groups in total. The van der Waals surface area contributed by atoms with Crippen molar-refractivity contribution in [3.63, 3.8) is 0 Å². The van der Waals surface area contributed by atoms with E-state index in [1.807, 2.05) is 24.3 Å².